The Bertz CT molecular complexity index is 1180. The standard InChI is InChI=1S/C22H24N4O3S/c1-15-7-8-17(13-19(15)21-9-10-22(29-2)25-24-21)23-20-6-4-5-16-14-26(30(3,27)28)12-11-18(16)20/h4-10,13,23H,11-12,14H2,1-3H3. The number of nitrogens with one attached hydrogen (secondary N) is 1. The van der Waals surface area contributed by atoms with E-state index in [1.807, 2.05) is 43.3 Å². The Balaban J connectivity index is 1.63. The van der Waals surface area contributed by atoms with Crippen molar-refractivity contribution >= 4 is 21.4 Å². The van der Waals surface area contributed by atoms with Gasteiger partial charge in [-0.2, -0.15) is 4.31 Å². The zero-order chi connectivity index (χ0) is 21.3. The van der Waals surface area contributed by atoms with E-state index in [0.29, 0.717) is 25.4 Å². The lowest BCUT2D eigenvalue weighted by molar-refractivity contribution is 0.392. The minimum atomic E-state index is -3.20. The molecule has 0 bridgehead atoms. The van der Waals surface area contributed by atoms with Gasteiger partial charge in [-0.15, -0.1) is 10.2 Å². The number of hydrogen-bond acceptors (Lipinski definition) is 6. The van der Waals surface area contributed by atoms with E-state index in [0.717, 1.165) is 39.3 Å². The highest BCUT2D eigenvalue weighted by Crippen LogP contribution is 2.31. The zero-order valence-electron chi connectivity index (χ0n) is 17.2. The van der Waals surface area contributed by atoms with Gasteiger partial charge in [-0.1, -0.05) is 18.2 Å². The summed E-state index contributed by atoms with van der Waals surface area (Å²) in [7, 11) is -1.63. The molecule has 8 heteroatoms. The lowest BCUT2D eigenvalue weighted by Crippen LogP contribution is -2.35. The highest BCUT2D eigenvalue weighted by Gasteiger charge is 2.24. The number of anilines is 2. The maximum absolute atomic E-state index is 11.9. The van der Waals surface area contributed by atoms with Crippen LogP contribution in [-0.2, 0) is 23.0 Å². The molecule has 1 aliphatic heterocycles. The number of aryl methyl sites for hydroxylation is 1. The van der Waals surface area contributed by atoms with Gasteiger partial charge in [0.2, 0.25) is 15.9 Å². The first-order chi connectivity index (χ1) is 14.3. The summed E-state index contributed by atoms with van der Waals surface area (Å²) in [6.45, 7) is 2.94. The summed E-state index contributed by atoms with van der Waals surface area (Å²) in [6, 6.07) is 15.8. The van der Waals surface area contributed by atoms with Crippen molar-refractivity contribution in [3.8, 4) is 17.1 Å². The molecule has 1 aliphatic rings. The molecule has 1 N–H and O–H groups in total. The molecule has 7 nitrogen and oxygen atoms in total. The second-order valence-electron chi connectivity index (χ2n) is 7.41. The van der Waals surface area contributed by atoms with Gasteiger partial charge in [0.25, 0.3) is 0 Å². The number of aromatic nitrogens is 2. The third-order valence-corrected chi connectivity index (χ3v) is 6.59. The van der Waals surface area contributed by atoms with Crippen molar-refractivity contribution in [2.45, 2.75) is 19.9 Å². The van der Waals surface area contributed by atoms with Gasteiger partial charge in [0, 0.05) is 36.1 Å². The third kappa shape index (κ3) is 4.15. The Morgan fingerprint density at radius 1 is 1.10 bits per heavy atom. The van der Waals surface area contributed by atoms with Gasteiger partial charge in [0.05, 0.1) is 19.1 Å². The van der Waals surface area contributed by atoms with Gasteiger partial charge in [-0.05, 0) is 54.3 Å². The van der Waals surface area contributed by atoms with E-state index in [-0.39, 0.29) is 0 Å². The molecule has 0 spiro atoms. The Morgan fingerprint density at radius 3 is 2.63 bits per heavy atom. The first-order valence-corrected chi connectivity index (χ1v) is 11.5. The smallest absolute Gasteiger partial charge is 0.233 e. The number of benzene rings is 2. The average molecular weight is 425 g/mol. The molecule has 2 heterocycles. The van der Waals surface area contributed by atoms with E-state index < -0.39 is 10.0 Å². The van der Waals surface area contributed by atoms with Crippen LogP contribution in [-0.4, -0.2) is 42.8 Å². The summed E-state index contributed by atoms with van der Waals surface area (Å²) < 4.78 is 30.4. The van der Waals surface area contributed by atoms with Crippen LogP contribution in [0.25, 0.3) is 11.3 Å². The molecule has 0 aliphatic carbocycles. The summed E-state index contributed by atoms with van der Waals surface area (Å²) in [5.41, 5.74) is 6.98. The molecule has 3 aromatic rings. The van der Waals surface area contributed by atoms with Gasteiger partial charge < -0.3 is 10.1 Å². The fraction of sp³-hybridized carbons (Fsp3) is 0.273. The molecule has 0 saturated carbocycles. The lowest BCUT2D eigenvalue weighted by atomic mass is 9.98. The first kappa shape index (κ1) is 20.3. The molecule has 2 aromatic carbocycles. The number of ether oxygens (including phenoxy) is 1. The molecule has 0 amide bonds. The monoisotopic (exact) mass is 424 g/mol. The molecule has 1 aromatic heterocycles. The fourth-order valence-electron chi connectivity index (χ4n) is 3.69. The van der Waals surface area contributed by atoms with Crippen molar-refractivity contribution in [3.05, 3.63) is 65.2 Å². The van der Waals surface area contributed by atoms with Gasteiger partial charge >= 0.3 is 0 Å². The van der Waals surface area contributed by atoms with E-state index in [1.54, 1.807) is 13.2 Å². The molecule has 156 valence electrons. The molecule has 0 unspecified atom stereocenters. The Labute approximate surface area is 176 Å². The van der Waals surface area contributed by atoms with Crippen LogP contribution in [0.1, 0.15) is 16.7 Å². The van der Waals surface area contributed by atoms with Crippen LogP contribution in [0.4, 0.5) is 11.4 Å². The van der Waals surface area contributed by atoms with E-state index in [4.69, 9.17) is 4.74 Å². The molecule has 0 saturated heterocycles. The second-order valence-corrected chi connectivity index (χ2v) is 9.39. The topological polar surface area (TPSA) is 84.4 Å². The number of rotatable bonds is 5. The van der Waals surface area contributed by atoms with Gasteiger partial charge in [-0.3, -0.25) is 0 Å². The molecular weight excluding hydrogens is 400 g/mol. The number of hydrogen-bond donors (Lipinski definition) is 1. The minimum absolute atomic E-state index is 0.407. The predicted octanol–water partition coefficient (Wildman–Crippen LogP) is 3.52. The molecule has 30 heavy (non-hydrogen) atoms. The number of nitrogens with zero attached hydrogens (tertiary/aromatic N) is 3. The molecule has 0 radical (unpaired) electrons. The van der Waals surface area contributed by atoms with E-state index in [1.165, 1.54) is 10.6 Å². The highest BCUT2D eigenvalue weighted by atomic mass is 32.2. The second kappa shape index (κ2) is 8.04. The Kier molecular flexibility index (Phi) is 5.44. The highest BCUT2D eigenvalue weighted by molar-refractivity contribution is 7.88. The SMILES string of the molecule is COc1ccc(-c2cc(Nc3cccc4c3CCN(S(C)(=O)=O)C4)ccc2C)nn1. The number of fused-ring (bicyclic) bond motifs is 1. The quantitative estimate of drug-likeness (QED) is 0.675. The fourth-order valence-corrected chi connectivity index (χ4v) is 4.48. The maximum atomic E-state index is 11.9. The van der Waals surface area contributed by atoms with E-state index in [9.17, 15) is 8.42 Å². The third-order valence-electron chi connectivity index (χ3n) is 5.34. The maximum Gasteiger partial charge on any atom is 0.233 e. The van der Waals surface area contributed by atoms with Crippen molar-refractivity contribution in [1.82, 2.24) is 14.5 Å². The van der Waals surface area contributed by atoms with Crippen molar-refractivity contribution in [2.75, 3.05) is 25.2 Å². The Morgan fingerprint density at radius 2 is 1.93 bits per heavy atom. The summed E-state index contributed by atoms with van der Waals surface area (Å²) in [5.74, 6) is 0.477. The summed E-state index contributed by atoms with van der Waals surface area (Å²) >= 11 is 0. The average Bonchev–Trinajstić information content (AvgIpc) is 2.74. The van der Waals surface area contributed by atoms with Crippen LogP contribution < -0.4 is 10.1 Å². The summed E-state index contributed by atoms with van der Waals surface area (Å²) in [6.07, 6.45) is 1.93. The van der Waals surface area contributed by atoms with Gasteiger partial charge in [0.1, 0.15) is 0 Å². The number of methoxy groups -OCH3 is 1. The van der Waals surface area contributed by atoms with Crippen molar-refractivity contribution < 1.29 is 13.2 Å². The number of sulfonamides is 1. The predicted molar refractivity (Wildman–Crippen MR) is 117 cm³/mol. The normalized spacial score (nSPS) is 14.2. The minimum Gasteiger partial charge on any atom is -0.480 e. The van der Waals surface area contributed by atoms with Crippen LogP contribution >= 0.6 is 0 Å². The Hall–Kier alpha value is -2.97. The van der Waals surface area contributed by atoms with Gasteiger partial charge in [-0.25, -0.2) is 8.42 Å². The van der Waals surface area contributed by atoms with Crippen LogP contribution in [0.5, 0.6) is 5.88 Å². The molecule has 4 rings (SSSR count). The van der Waals surface area contributed by atoms with Crippen LogP contribution in [0, 0.1) is 6.92 Å². The van der Waals surface area contributed by atoms with Crippen LogP contribution in [0.3, 0.4) is 0 Å². The van der Waals surface area contributed by atoms with E-state index in [2.05, 4.69) is 21.6 Å². The van der Waals surface area contributed by atoms with Gasteiger partial charge in [0.15, 0.2) is 0 Å². The van der Waals surface area contributed by atoms with Crippen molar-refractivity contribution in [1.29, 1.82) is 0 Å². The lowest BCUT2D eigenvalue weighted by Gasteiger charge is -2.28. The summed E-state index contributed by atoms with van der Waals surface area (Å²) in [5, 5.41) is 11.8. The zero-order valence-corrected chi connectivity index (χ0v) is 18.0. The first-order valence-electron chi connectivity index (χ1n) is 9.67. The largest absolute Gasteiger partial charge is 0.480 e. The van der Waals surface area contributed by atoms with E-state index >= 15 is 0 Å². The summed E-state index contributed by atoms with van der Waals surface area (Å²) in [4.78, 5) is 0. The molecular formula is C22H24N4O3S. The molecule has 0 fully saturated rings. The van der Waals surface area contributed by atoms with Crippen molar-refractivity contribution in [3.63, 3.8) is 0 Å². The van der Waals surface area contributed by atoms with Crippen molar-refractivity contribution in [2.24, 2.45) is 0 Å². The van der Waals surface area contributed by atoms with Crippen LogP contribution in [0.2, 0.25) is 0 Å². The van der Waals surface area contributed by atoms with Crippen LogP contribution in [0.15, 0.2) is 48.5 Å². The molecule has 0 atom stereocenters.